The molecule has 1 aromatic heterocycles. The molecule has 2 aromatic carbocycles. The molecule has 0 atom stereocenters. The van der Waals surface area contributed by atoms with Crippen LogP contribution in [0.1, 0.15) is 12.8 Å². The standard InChI is InChI=1S/C20H19Cl3FN3O2/c21-5-1-7-28-18-10-14-17(11-19(18)29-8-2-6-22)25-12-26-20(14)27-13-3-4-16(24)15(23)9-13/h3-4,9-12H,1-2,5-8H2,(H,25,26,27). The van der Waals surface area contributed by atoms with Crippen LogP contribution >= 0.6 is 34.8 Å². The van der Waals surface area contributed by atoms with Gasteiger partial charge in [0.2, 0.25) is 0 Å². The molecule has 3 aromatic rings. The van der Waals surface area contributed by atoms with Crippen LogP contribution in [0, 0.1) is 5.82 Å². The Hall–Kier alpha value is -2.02. The van der Waals surface area contributed by atoms with Crippen molar-refractivity contribution in [3.8, 4) is 11.5 Å². The van der Waals surface area contributed by atoms with Gasteiger partial charge in [0, 0.05) is 28.9 Å². The van der Waals surface area contributed by atoms with E-state index in [0.29, 0.717) is 66.3 Å². The average molecular weight is 459 g/mol. The molecule has 1 heterocycles. The predicted octanol–water partition coefficient (Wildman–Crippen LogP) is 6.18. The fourth-order valence-corrected chi connectivity index (χ4v) is 2.97. The normalized spacial score (nSPS) is 10.9. The van der Waals surface area contributed by atoms with Crippen LogP contribution in [0.25, 0.3) is 10.9 Å². The lowest BCUT2D eigenvalue weighted by molar-refractivity contribution is 0.269. The average Bonchev–Trinajstić information content (AvgIpc) is 2.71. The zero-order valence-corrected chi connectivity index (χ0v) is 17.7. The van der Waals surface area contributed by atoms with E-state index < -0.39 is 5.82 Å². The monoisotopic (exact) mass is 457 g/mol. The number of hydrogen-bond acceptors (Lipinski definition) is 5. The van der Waals surface area contributed by atoms with E-state index in [-0.39, 0.29) is 5.02 Å². The summed E-state index contributed by atoms with van der Waals surface area (Å²) < 4.78 is 25.1. The van der Waals surface area contributed by atoms with E-state index in [1.54, 1.807) is 12.1 Å². The van der Waals surface area contributed by atoms with Crippen molar-refractivity contribution in [2.45, 2.75) is 12.8 Å². The summed E-state index contributed by atoms with van der Waals surface area (Å²) in [4.78, 5) is 8.62. The number of hydrogen-bond donors (Lipinski definition) is 1. The number of fused-ring (bicyclic) bond motifs is 1. The van der Waals surface area contributed by atoms with Crippen molar-refractivity contribution in [3.63, 3.8) is 0 Å². The Morgan fingerprint density at radius 2 is 1.62 bits per heavy atom. The van der Waals surface area contributed by atoms with Crippen LogP contribution in [-0.2, 0) is 0 Å². The first kappa shape index (κ1) is 21.7. The van der Waals surface area contributed by atoms with E-state index in [1.165, 1.54) is 18.5 Å². The van der Waals surface area contributed by atoms with E-state index >= 15 is 0 Å². The fourth-order valence-electron chi connectivity index (χ4n) is 2.57. The molecule has 0 radical (unpaired) electrons. The molecule has 29 heavy (non-hydrogen) atoms. The first-order valence-corrected chi connectivity index (χ1v) is 10.5. The highest BCUT2D eigenvalue weighted by atomic mass is 35.5. The Morgan fingerprint density at radius 3 is 2.28 bits per heavy atom. The second-order valence-corrected chi connectivity index (χ2v) is 7.24. The summed E-state index contributed by atoms with van der Waals surface area (Å²) in [5.74, 6) is 2.19. The van der Waals surface area contributed by atoms with E-state index in [0.717, 1.165) is 5.39 Å². The van der Waals surface area contributed by atoms with E-state index in [2.05, 4.69) is 15.3 Å². The molecule has 0 amide bonds. The van der Waals surface area contributed by atoms with Crippen LogP contribution in [-0.4, -0.2) is 34.9 Å². The maximum absolute atomic E-state index is 13.4. The summed E-state index contributed by atoms with van der Waals surface area (Å²) in [6, 6.07) is 7.97. The Labute approximate surface area is 183 Å². The van der Waals surface area contributed by atoms with Gasteiger partial charge >= 0.3 is 0 Å². The molecule has 0 unspecified atom stereocenters. The smallest absolute Gasteiger partial charge is 0.163 e. The lowest BCUT2D eigenvalue weighted by Gasteiger charge is -2.15. The third-order valence-electron chi connectivity index (χ3n) is 3.95. The van der Waals surface area contributed by atoms with Crippen molar-refractivity contribution in [2.75, 3.05) is 30.3 Å². The van der Waals surface area contributed by atoms with Crippen LogP contribution in [0.15, 0.2) is 36.7 Å². The van der Waals surface area contributed by atoms with Gasteiger partial charge in [-0.05, 0) is 37.1 Å². The van der Waals surface area contributed by atoms with Crippen molar-refractivity contribution < 1.29 is 13.9 Å². The third-order valence-corrected chi connectivity index (χ3v) is 4.78. The van der Waals surface area contributed by atoms with Gasteiger partial charge in [-0.2, -0.15) is 0 Å². The van der Waals surface area contributed by atoms with Gasteiger partial charge in [0.15, 0.2) is 11.5 Å². The molecule has 0 fully saturated rings. The van der Waals surface area contributed by atoms with Crippen LogP contribution in [0.2, 0.25) is 5.02 Å². The molecule has 0 bridgehead atoms. The Kier molecular flexibility index (Phi) is 7.98. The third kappa shape index (κ3) is 5.75. The minimum atomic E-state index is -0.488. The van der Waals surface area contributed by atoms with Crippen molar-refractivity contribution in [3.05, 3.63) is 47.5 Å². The second kappa shape index (κ2) is 10.7. The Balaban J connectivity index is 1.95. The zero-order chi connectivity index (χ0) is 20.6. The maximum atomic E-state index is 13.4. The SMILES string of the molecule is Fc1ccc(Nc2ncnc3cc(OCCCCl)c(OCCCCl)cc23)cc1Cl. The molecule has 154 valence electrons. The fraction of sp³-hybridized carbons (Fsp3) is 0.300. The number of nitrogens with one attached hydrogen (secondary N) is 1. The molecule has 0 aliphatic carbocycles. The number of benzene rings is 2. The summed E-state index contributed by atoms with van der Waals surface area (Å²) in [5.41, 5.74) is 1.27. The minimum absolute atomic E-state index is 0.0217. The highest BCUT2D eigenvalue weighted by Crippen LogP contribution is 2.35. The largest absolute Gasteiger partial charge is 0.490 e. The second-order valence-electron chi connectivity index (χ2n) is 6.07. The van der Waals surface area contributed by atoms with Gasteiger partial charge in [-0.1, -0.05) is 11.6 Å². The van der Waals surface area contributed by atoms with Crippen molar-refractivity contribution >= 4 is 57.2 Å². The molecule has 3 rings (SSSR count). The quantitative estimate of drug-likeness (QED) is 0.290. The summed E-state index contributed by atoms with van der Waals surface area (Å²) in [5, 5.41) is 3.89. The maximum Gasteiger partial charge on any atom is 0.163 e. The molecule has 0 aliphatic rings. The molecule has 0 saturated carbocycles. The van der Waals surface area contributed by atoms with Crippen molar-refractivity contribution in [1.29, 1.82) is 0 Å². The molecule has 0 spiro atoms. The van der Waals surface area contributed by atoms with Gasteiger partial charge in [0.25, 0.3) is 0 Å². The topological polar surface area (TPSA) is 56.3 Å². The van der Waals surface area contributed by atoms with Crippen molar-refractivity contribution in [2.24, 2.45) is 0 Å². The van der Waals surface area contributed by atoms with Crippen LogP contribution in [0.4, 0.5) is 15.9 Å². The highest BCUT2D eigenvalue weighted by molar-refractivity contribution is 6.31. The predicted molar refractivity (Wildman–Crippen MR) is 116 cm³/mol. The number of alkyl halides is 2. The van der Waals surface area contributed by atoms with Crippen LogP contribution < -0.4 is 14.8 Å². The number of anilines is 2. The molecule has 0 aliphatic heterocycles. The minimum Gasteiger partial charge on any atom is -0.490 e. The summed E-state index contributed by atoms with van der Waals surface area (Å²) in [6.07, 6.45) is 2.85. The molecule has 0 saturated heterocycles. The highest BCUT2D eigenvalue weighted by Gasteiger charge is 2.13. The van der Waals surface area contributed by atoms with Gasteiger partial charge in [-0.25, -0.2) is 14.4 Å². The van der Waals surface area contributed by atoms with Crippen LogP contribution in [0.5, 0.6) is 11.5 Å². The molecule has 9 heteroatoms. The number of aromatic nitrogens is 2. The van der Waals surface area contributed by atoms with Crippen LogP contribution in [0.3, 0.4) is 0 Å². The summed E-state index contributed by atoms with van der Waals surface area (Å²) in [6.45, 7) is 0.913. The first-order valence-electron chi connectivity index (χ1n) is 9.00. The Morgan fingerprint density at radius 1 is 0.931 bits per heavy atom. The number of nitrogens with zero attached hydrogens (tertiary/aromatic N) is 2. The zero-order valence-electron chi connectivity index (χ0n) is 15.4. The van der Waals surface area contributed by atoms with Gasteiger partial charge in [0.05, 0.1) is 23.8 Å². The van der Waals surface area contributed by atoms with Crippen molar-refractivity contribution in [1.82, 2.24) is 9.97 Å². The Bertz CT molecular complexity index is 975. The first-order chi connectivity index (χ1) is 14.1. The van der Waals surface area contributed by atoms with E-state index in [4.69, 9.17) is 44.3 Å². The number of ether oxygens (including phenoxy) is 2. The molecule has 5 nitrogen and oxygen atoms in total. The summed E-state index contributed by atoms with van der Waals surface area (Å²) in [7, 11) is 0. The van der Waals surface area contributed by atoms with E-state index in [1.807, 2.05) is 6.07 Å². The molecule has 1 N–H and O–H groups in total. The van der Waals surface area contributed by atoms with Gasteiger partial charge < -0.3 is 14.8 Å². The molecular weight excluding hydrogens is 440 g/mol. The van der Waals surface area contributed by atoms with E-state index in [9.17, 15) is 4.39 Å². The summed E-state index contributed by atoms with van der Waals surface area (Å²) >= 11 is 17.4. The van der Waals surface area contributed by atoms with Gasteiger partial charge in [0.1, 0.15) is 18.0 Å². The van der Waals surface area contributed by atoms with Gasteiger partial charge in [-0.3, -0.25) is 0 Å². The molecular formula is C20H19Cl3FN3O2. The lowest BCUT2D eigenvalue weighted by Crippen LogP contribution is -2.04. The number of rotatable bonds is 10. The lowest BCUT2D eigenvalue weighted by atomic mass is 10.2. The van der Waals surface area contributed by atoms with Gasteiger partial charge in [-0.15, -0.1) is 23.2 Å². The number of halogens is 4.